The molecule has 0 fully saturated rings. The van der Waals surface area contributed by atoms with Crippen molar-refractivity contribution < 1.29 is 9.53 Å². The van der Waals surface area contributed by atoms with Gasteiger partial charge in [0.2, 0.25) is 0 Å². The van der Waals surface area contributed by atoms with Crippen molar-refractivity contribution in [2.75, 3.05) is 0 Å². The molecule has 0 saturated carbocycles. The lowest BCUT2D eigenvalue weighted by molar-refractivity contribution is -0.135. The highest BCUT2D eigenvalue weighted by molar-refractivity contribution is 7.00. The molecule has 3 heterocycles. The van der Waals surface area contributed by atoms with Crippen LogP contribution in [0.4, 0.5) is 0 Å². The van der Waals surface area contributed by atoms with Crippen LogP contribution in [-0.2, 0) is 4.79 Å². The van der Waals surface area contributed by atoms with E-state index in [1.54, 1.807) is 18.5 Å². The van der Waals surface area contributed by atoms with Crippen molar-refractivity contribution in [3.63, 3.8) is 0 Å². The average molecular weight is 283 g/mol. The fourth-order valence-electron chi connectivity index (χ4n) is 2.58. The first-order chi connectivity index (χ1) is 9.83. The molecule has 0 N–H and O–H groups in total. The zero-order valence-electron chi connectivity index (χ0n) is 10.3. The van der Waals surface area contributed by atoms with Crippen molar-refractivity contribution in [1.29, 1.82) is 0 Å². The lowest BCUT2D eigenvalue weighted by atomic mass is 9.86. The molecule has 0 saturated heterocycles. The van der Waals surface area contributed by atoms with Crippen LogP contribution in [0.5, 0.6) is 5.75 Å². The van der Waals surface area contributed by atoms with E-state index in [0.717, 1.165) is 22.2 Å². The summed E-state index contributed by atoms with van der Waals surface area (Å²) in [6.07, 6.45) is 3.80. The summed E-state index contributed by atoms with van der Waals surface area (Å²) in [5, 5.41) is 0. The number of carbonyl (C=O) groups excluding carboxylic acids is 1. The molecule has 0 radical (unpaired) electrons. The molecule has 98 valence electrons. The first-order valence-corrected chi connectivity index (χ1v) is 6.92. The summed E-state index contributed by atoms with van der Waals surface area (Å²) >= 11 is 1.17. The van der Waals surface area contributed by atoms with Crippen LogP contribution in [0.3, 0.4) is 0 Å². The standard InChI is InChI=1S/C14H9N3O2S/c18-12-6-9(8-2-1-5-15-7-8)13-11(19-12)4-3-10-14(13)17-20-16-10/h1-5,7,9H,6H2/t9-/m1/s1. The van der Waals surface area contributed by atoms with E-state index in [2.05, 4.69) is 13.7 Å². The number of pyridine rings is 1. The second-order valence-corrected chi connectivity index (χ2v) is 5.15. The van der Waals surface area contributed by atoms with Gasteiger partial charge in [0.05, 0.1) is 18.1 Å². The summed E-state index contributed by atoms with van der Waals surface area (Å²) in [6, 6.07) is 7.46. The van der Waals surface area contributed by atoms with Gasteiger partial charge in [-0.2, -0.15) is 8.75 Å². The molecule has 3 aromatic rings. The maximum Gasteiger partial charge on any atom is 0.312 e. The first-order valence-electron chi connectivity index (χ1n) is 6.18. The summed E-state index contributed by atoms with van der Waals surface area (Å²) in [5.74, 6) is 0.275. The summed E-state index contributed by atoms with van der Waals surface area (Å²) in [7, 11) is 0. The molecule has 0 unspecified atom stereocenters. The van der Waals surface area contributed by atoms with Crippen LogP contribution in [-0.4, -0.2) is 19.7 Å². The van der Waals surface area contributed by atoms with Gasteiger partial charge in [-0.15, -0.1) is 0 Å². The molecule has 1 atom stereocenters. The number of aromatic nitrogens is 3. The number of hydrogen-bond acceptors (Lipinski definition) is 6. The SMILES string of the molecule is O=C1C[C@H](c2cccnc2)c2c(ccc3nsnc23)O1. The van der Waals surface area contributed by atoms with Gasteiger partial charge < -0.3 is 4.74 Å². The molecule has 4 rings (SSSR count). The predicted octanol–water partition coefficient (Wildman–Crippen LogP) is 2.53. The van der Waals surface area contributed by atoms with E-state index in [9.17, 15) is 4.79 Å². The molecule has 2 aromatic heterocycles. The third kappa shape index (κ3) is 1.69. The Balaban J connectivity index is 1.99. The van der Waals surface area contributed by atoms with E-state index in [4.69, 9.17) is 4.74 Å². The Hall–Kier alpha value is -2.34. The van der Waals surface area contributed by atoms with E-state index in [1.165, 1.54) is 11.7 Å². The van der Waals surface area contributed by atoms with Gasteiger partial charge in [-0.25, -0.2) is 0 Å². The maximum absolute atomic E-state index is 11.8. The van der Waals surface area contributed by atoms with Crippen LogP contribution in [0.15, 0.2) is 36.7 Å². The van der Waals surface area contributed by atoms with Crippen LogP contribution in [0.1, 0.15) is 23.5 Å². The van der Waals surface area contributed by atoms with E-state index < -0.39 is 0 Å². The Bertz CT molecular complexity index is 801. The van der Waals surface area contributed by atoms with Crippen LogP contribution in [0.2, 0.25) is 0 Å². The second kappa shape index (κ2) is 4.35. The number of fused-ring (bicyclic) bond motifs is 3. The lowest BCUT2D eigenvalue weighted by Crippen LogP contribution is -2.21. The fourth-order valence-corrected chi connectivity index (χ4v) is 3.13. The largest absolute Gasteiger partial charge is 0.426 e. The summed E-state index contributed by atoms with van der Waals surface area (Å²) in [4.78, 5) is 15.9. The van der Waals surface area contributed by atoms with Crippen molar-refractivity contribution in [3.8, 4) is 5.75 Å². The Morgan fingerprint density at radius 1 is 1.25 bits per heavy atom. The molecule has 0 spiro atoms. The third-order valence-electron chi connectivity index (χ3n) is 3.46. The van der Waals surface area contributed by atoms with Crippen molar-refractivity contribution in [3.05, 3.63) is 47.8 Å². The molecule has 5 nitrogen and oxygen atoms in total. The molecule has 6 heteroatoms. The van der Waals surface area contributed by atoms with Gasteiger partial charge in [0.25, 0.3) is 0 Å². The van der Waals surface area contributed by atoms with Crippen molar-refractivity contribution in [2.45, 2.75) is 12.3 Å². The number of esters is 1. The van der Waals surface area contributed by atoms with Gasteiger partial charge in [0.15, 0.2) is 0 Å². The minimum atomic E-state index is -0.228. The van der Waals surface area contributed by atoms with E-state index >= 15 is 0 Å². The zero-order chi connectivity index (χ0) is 13.5. The molecular formula is C14H9N3O2S. The molecule has 0 aliphatic carbocycles. The zero-order valence-corrected chi connectivity index (χ0v) is 11.1. The number of hydrogen-bond donors (Lipinski definition) is 0. The quantitative estimate of drug-likeness (QED) is 0.507. The molecule has 0 bridgehead atoms. The first kappa shape index (κ1) is 11.5. The fraction of sp³-hybridized carbons (Fsp3) is 0.143. The van der Waals surface area contributed by atoms with E-state index in [1.807, 2.05) is 18.2 Å². The van der Waals surface area contributed by atoms with Crippen molar-refractivity contribution in [2.24, 2.45) is 0 Å². The van der Waals surface area contributed by atoms with Gasteiger partial charge in [-0.1, -0.05) is 6.07 Å². The number of ether oxygens (including phenoxy) is 1. The second-order valence-electron chi connectivity index (χ2n) is 4.63. The average Bonchev–Trinajstić information content (AvgIpc) is 2.95. The Labute approximate surface area is 118 Å². The highest BCUT2D eigenvalue weighted by atomic mass is 32.1. The highest BCUT2D eigenvalue weighted by Gasteiger charge is 2.31. The number of carbonyl (C=O) groups is 1. The van der Waals surface area contributed by atoms with Gasteiger partial charge >= 0.3 is 5.97 Å². The number of benzene rings is 1. The molecule has 1 aliphatic heterocycles. The van der Waals surface area contributed by atoms with Gasteiger partial charge in [0.1, 0.15) is 16.8 Å². The molecule has 0 amide bonds. The number of rotatable bonds is 1. The Morgan fingerprint density at radius 2 is 2.20 bits per heavy atom. The smallest absolute Gasteiger partial charge is 0.312 e. The summed E-state index contributed by atoms with van der Waals surface area (Å²) in [5.41, 5.74) is 3.57. The normalized spacial score (nSPS) is 17.8. The van der Waals surface area contributed by atoms with E-state index in [-0.39, 0.29) is 11.9 Å². The minimum Gasteiger partial charge on any atom is -0.426 e. The topological polar surface area (TPSA) is 65.0 Å². The summed E-state index contributed by atoms with van der Waals surface area (Å²) in [6.45, 7) is 0. The summed E-state index contributed by atoms with van der Waals surface area (Å²) < 4.78 is 13.9. The van der Waals surface area contributed by atoms with Crippen molar-refractivity contribution in [1.82, 2.24) is 13.7 Å². The Kier molecular flexibility index (Phi) is 2.50. The van der Waals surface area contributed by atoms with Crippen LogP contribution in [0, 0.1) is 0 Å². The maximum atomic E-state index is 11.8. The van der Waals surface area contributed by atoms with Gasteiger partial charge in [-0.3, -0.25) is 9.78 Å². The van der Waals surface area contributed by atoms with E-state index in [0.29, 0.717) is 12.2 Å². The molecular weight excluding hydrogens is 274 g/mol. The van der Waals surface area contributed by atoms with Crippen LogP contribution < -0.4 is 4.74 Å². The monoisotopic (exact) mass is 283 g/mol. The van der Waals surface area contributed by atoms with Crippen molar-refractivity contribution >= 4 is 28.7 Å². The third-order valence-corrected chi connectivity index (χ3v) is 4.00. The number of nitrogens with zero attached hydrogens (tertiary/aromatic N) is 3. The molecule has 1 aliphatic rings. The molecule has 1 aromatic carbocycles. The lowest BCUT2D eigenvalue weighted by Gasteiger charge is -2.24. The van der Waals surface area contributed by atoms with Gasteiger partial charge in [-0.05, 0) is 23.8 Å². The Morgan fingerprint density at radius 3 is 3.05 bits per heavy atom. The van der Waals surface area contributed by atoms with Gasteiger partial charge in [0, 0.05) is 23.9 Å². The minimum absolute atomic E-state index is 0.0763. The van der Waals surface area contributed by atoms with Crippen LogP contribution >= 0.6 is 11.7 Å². The highest BCUT2D eigenvalue weighted by Crippen LogP contribution is 2.41. The van der Waals surface area contributed by atoms with Crippen LogP contribution in [0.25, 0.3) is 11.0 Å². The molecule has 20 heavy (non-hydrogen) atoms. The predicted molar refractivity (Wildman–Crippen MR) is 73.7 cm³/mol.